The normalized spacial score (nSPS) is 20.2. The van der Waals surface area contributed by atoms with Crippen LogP contribution in [0.1, 0.15) is 54.8 Å². The first kappa shape index (κ1) is 22.9. The Morgan fingerprint density at radius 3 is 2.59 bits per heavy atom. The van der Waals surface area contributed by atoms with Gasteiger partial charge in [-0.2, -0.15) is 0 Å². The lowest BCUT2D eigenvalue weighted by Gasteiger charge is -2.34. The zero-order valence-corrected chi connectivity index (χ0v) is 20.1. The fourth-order valence-electron chi connectivity index (χ4n) is 4.82. The van der Waals surface area contributed by atoms with Gasteiger partial charge < -0.3 is 9.80 Å². The van der Waals surface area contributed by atoms with E-state index in [2.05, 4.69) is 23.7 Å². The second-order valence-electron chi connectivity index (χ2n) is 8.98. The molecule has 0 aromatic carbocycles. The van der Waals surface area contributed by atoms with Gasteiger partial charge in [-0.05, 0) is 51.6 Å². The molecule has 1 atom stereocenters. The lowest BCUT2D eigenvalue weighted by Crippen LogP contribution is -2.48. The van der Waals surface area contributed by atoms with Gasteiger partial charge in [0, 0.05) is 38.8 Å². The molecule has 0 bridgehead atoms. The molecule has 0 unspecified atom stereocenters. The summed E-state index contributed by atoms with van der Waals surface area (Å²) < 4.78 is 1.39. The Bertz CT molecular complexity index is 1050. The predicted octanol–water partition coefficient (Wildman–Crippen LogP) is 2.34. The number of nitrogens with zero attached hydrogens (tertiary/aromatic N) is 5. The quantitative estimate of drug-likeness (QED) is 0.686. The lowest BCUT2D eigenvalue weighted by atomic mass is 10.0. The number of carbonyl (C=O) groups excluding carboxylic acids is 2. The molecule has 0 N–H and O–H groups in total. The molecule has 0 saturated carbocycles. The number of piperidine rings is 1. The molecule has 2 saturated heterocycles. The third-order valence-electron chi connectivity index (χ3n) is 6.74. The van der Waals surface area contributed by atoms with Gasteiger partial charge in [0.25, 0.3) is 11.5 Å². The minimum absolute atomic E-state index is 0.00985. The number of aryl methyl sites for hydroxylation is 1. The van der Waals surface area contributed by atoms with E-state index in [9.17, 15) is 14.4 Å². The van der Waals surface area contributed by atoms with E-state index in [1.807, 2.05) is 16.7 Å². The van der Waals surface area contributed by atoms with Gasteiger partial charge in [-0.25, -0.2) is 4.98 Å². The van der Waals surface area contributed by atoms with Gasteiger partial charge in [-0.1, -0.05) is 6.92 Å². The van der Waals surface area contributed by atoms with Gasteiger partial charge in [0.05, 0.1) is 16.6 Å². The van der Waals surface area contributed by atoms with Crippen LogP contribution in [0.4, 0.5) is 0 Å². The van der Waals surface area contributed by atoms with Gasteiger partial charge in [-0.15, -0.1) is 11.3 Å². The summed E-state index contributed by atoms with van der Waals surface area (Å²) in [5.74, 6) is -0.0691. The molecule has 4 rings (SSSR count). The number of carbonyl (C=O) groups is 2. The van der Waals surface area contributed by atoms with E-state index in [0.717, 1.165) is 51.9 Å². The smallest absolute Gasteiger partial charge is 0.264 e. The Labute approximate surface area is 192 Å². The molecular weight excluding hydrogens is 426 g/mol. The summed E-state index contributed by atoms with van der Waals surface area (Å²) in [6, 6.07) is 0.202. The SMILES string of the molecule is CCCN1CCN(C(=O)c2sc3ncn(CC(=O)N4CCCC[C@H]4C)c(=O)c3c2C)CC1. The van der Waals surface area contributed by atoms with Crippen molar-refractivity contribution in [1.29, 1.82) is 0 Å². The van der Waals surface area contributed by atoms with E-state index >= 15 is 0 Å². The number of aromatic nitrogens is 2. The highest BCUT2D eigenvalue weighted by molar-refractivity contribution is 7.20. The third-order valence-corrected chi connectivity index (χ3v) is 7.93. The molecule has 2 aliphatic rings. The summed E-state index contributed by atoms with van der Waals surface area (Å²) >= 11 is 1.28. The Hall–Kier alpha value is -2.26. The highest BCUT2D eigenvalue weighted by Gasteiger charge is 2.27. The molecule has 2 aliphatic heterocycles. The van der Waals surface area contributed by atoms with Crippen molar-refractivity contribution in [3.8, 4) is 0 Å². The predicted molar refractivity (Wildman–Crippen MR) is 126 cm³/mol. The number of fused-ring (bicyclic) bond motifs is 1. The van der Waals surface area contributed by atoms with Crippen molar-refractivity contribution in [1.82, 2.24) is 24.3 Å². The Morgan fingerprint density at radius 2 is 1.91 bits per heavy atom. The van der Waals surface area contributed by atoms with Crippen molar-refractivity contribution < 1.29 is 9.59 Å². The minimum Gasteiger partial charge on any atom is -0.338 e. The Balaban J connectivity index is 1.54. The maximum atomic E-state index is 13.2. The van der Waals surface area contributed by atoms with Crippen LogP contribution in [-0.4, -0.2) is 81.4 Å². The second kappa shape index (κ2) is 9.70. The monoisotopic (exact) mass is 459 g/mol. The number of piperazine rings is 1. The number of hydrogen-bond donors (Lipinski definition) is 0. The van der Waals surface area contributed by atoms with Crippen molar-refractivity contribution in [3.63, 3.8) is 0 Å². The average molecular weight is 460 g/mol. The number of thiophene rings is 1. The van der Waals surface area contributed by atoms with E-state index in [1.165, 1.54) is 22.2 Å². The topological polar surface area (TPSA) is 78.8 Å². The number of hydrogen-bond acceptors (Lipinski definition) is 6. The standard InChI is InChI=1S/C23H33N5O3S/c1-4-8-25-10-12-26(13-11-25)23(31)20-17(3)19-21(32-20)24-15-27(22(19)30)14-18(29)28-9-6-5-7-16(28)2/h15-16H,4-14H2,1-3H3/t16-/m1/s1. The van der Waals surface area contributed by atoms with E-state index in [-0.39, 0.29) is 30.0 Å². The molecule has 2 fully saturated rings. The molecule has 0 radical (unpaired) electrons. The van der Waals surface area contributed by atoms with Gasteiger partial charge >= 0.3 is 0 Å². The molecule has 2 aromatic heterocycles. The van der Waals surface area contributed by atoms with Crippen LogP contribution in [0.3, 0.4) is 0 Å². The van der Waals surface area contributed by atoms with E-state index < -0.39 is 0 Å². The van der Waals surface area contributed by atoms with E-state index in [0.29, 0.717) is 33.7 Å². The highest BCUT2D eigenvalue weighted by Crippen LogP contribution is 2.28. The fraction of sp³-hybridized carbons (Fsp3) is 0.652. The van der Waals surface area contributed by atoms with Crippen LogP contribution in [0.2, 0.25) is 0 Å². The van der Waals surface area contributed by atoms with E-state index in [4.69, 9.17) is 0 Å². The van der Waals surface area contributed by atoms with Crippen LogP contribution in [0.25, 0.3) is 10.2 Å². The lowest BCUT2D eigenvalue weighted by molar-refractivity contribution is -0.135. The summed E-state index contributed by atoms with van der Waals surface area (Å²) in [4.78, 5) is 50.9. The zero-order chi connectivity index (χ0) is 22.8. The molecule has 9 heteroatoms. The average Bonchev–Trinajstić information content (AvgIpc) is 3.13. The Kier molecular flexibility index (Phi) is 6.95. The van der Waals surface area contributed by atoms with Crippen molar-refractivity contribution in [3.05, 3.63) is 27.1 Å². The molecule has 0 spiro atoms. The van der Waals surface area contributed by atoms with Gasteiger partial charge in [0.1, 0.15) is 11.4 Å². The summed E-state index contributed by atoms with van der Waals surface area (Å²) in [5, 5.41) is 0.463. The van der Waals surface area contributed by atoms with Crippen LogP contribution in [0, 0.1) is 6.92 Å². The second-order valence-corrected chi connectivity index (χ2v) is 9.98. The minimum atomic E-state index is -0.242. The van der Waals surface area contributed by atoms with Gasteiger partial charge in [-0.3, -0.25) is 23.9 Å². The molecule has 2 amide bonds. The molecule has 4 heterocycles. The van der Waals surface area contributed by atoms with Crippen LogP contribution in [0.15, 0.2) is 11.1 Å². The maximum absolute atomic E-state index is 13.2. The zero-order valence-electron chi connectivity index (χ0n) is 19.3. The molecule has 32 heavy (non-hydrogen) atoms. The number of likely N-dealkylation sites (tertiary alicyclic amines) is 1. The first-order chi connectivity index (χ1) is 15.4. The Morgan fingerprint density at radius 1 is 1.16 bits per heavy atom. The third kappa shape index (κ3) is 4.45. The maximum Gasteiger partial charge on any atom is 0.264 e. The van der Waals surface area contributed by atoms with Crippen LogP contribution in [0.5, 0.6) is 0 Å². The first-order valence-corrected chi connectivity index (χ1v) is 12.5. The highest BCUT2D eigenvalue weighted by atomic mass is 32.1. The molecule has 2 aromatic rings. The molecule has 174 valence electrons. The van der Waals surface area contributed by atoms with Crippen molar-refractivity contribution in [2.45, 2.75) is 59.0 Å². The van der Waals surface area contributed by atoms with Crippen LogP contribution < -0.4 is 5.56 Å². The first-order valence-electron chi connectivity index (χ1n) is 11.7. The van der Waals surface area contributed by atoms with Gasteiger partial charge in [0.2, 0.25) is 5.91 Å². The summed E-state index contributed by atoms with van der Waals surface area (Å²) in [5.41, 5.74) is 0.435. The summed E-state index contributed by atoms with van der Waals surface area (Å²) in [6.45, 7) is 11.0. The van der Waals surface area contributed by atoms with Crippen molar-refractivity contribution in [2.75, 3.05) is 39.3 Å². The van der Waals surface area contributed by atoms with Crippen LogP contribution in [-0.2, 0) is 11.3 Å². The largest absolute Gasteiger partial charge is 0.338 e. The molecule has 0 aliphatic carbocycles. The molecular formula is C23H33N5O3S. The van der Waals surface area contributed by atoms with Crippen LogP contribution >= 0.6 is 11.3 Å². The van der Waals surface area contributed by atoms with Crippen molar-refractivity contribution >= 4 is 33.4 Å². The van der Waals surface area contributed by atoms with Gasteiger partial charge in [0.15, 0.2) is 0 Å². The van der Waals surface area contributed by atoms with E-state index in [1.54, 1.807) is 0 Å². The summed E-state index contributed by atoms with van der Waals surface area (Å²) in [7, 11) is 0. The molecule has 8 nitrogen and oxygen atoms in total. The number of amides is 2. The summed E-state index contributed by atoms with van der Waals surface area (Å²) in [6.07, 6.45) is 5.70. The van der Waals surface area contributed by atoms with Crippen molar-refractivity contribution in [2.24, 2.45) is 0 Å². The number of rotatable bonds is 5. The fourth-order valence-corrected chi connectivity index (χ4v) is 5.92.